The van der Waals surface area contributed by atoms with Gasteiger partial charge in [0.25, 0.3) is 0 Å². The van der Waals surface area contributed by atoms with Crippen LogP contribution in [0.3, 0.4) is 0 Å². The van der Waals surface area contributed by atoms with Gasteiger partial charge in [-0.3, -0.25) is 4.79 Å². The average Bonchev–Trinajstić information content (AvgIpc) is 2.17. The summed E-state index contributed by atoms with van der Waals surface area (Å²) in [7, 11) is 0. The van der Waals surface area contributed by atoms with Gasteiger partial charge >= 0.3 is 0 Å². The number of carbonyl (C=O) groups excluding carboxylic acids is 1. The minimum absolute atomic E-state index is 0.415. The van der Waals surface area contributed by atoms with Crippen LogP contribution in [0.2, 0.25) is 0 Å². The highest BCUT2D eigenvalue weighted by Crippen LogP contribution is 2.28. The third kappa shape index (κ3) is 3.13. The van der Waals surface area contributed by atoms with Gasteiger partial charge in [-0.25, -0.2) is 0 Å². The zero-order valence-electron chi connectivity index (χ0n) is 9.01. The van der Waals surface area contributed by atoms with E-state index in [-0.39, 0.29) is 0 Å². The van der Waals surface area contributed by atoms with Gasteiger partial charge in [0.05, 0.1) is 0 Å². The van der Waals surface area contributed by atoms with Crippen LogP contribution in [-0.2, 0) is 4.79 Å². The Hall–Kier alpha value is -0.330. The van der Waals surface area contributed by atoms with E-state index < -0.39 is 0 Å². The van der Waals surface area contributed by atoms with Crippen molar-refractivity contribution < 1.29 is 4.79 Å². The maximum atomic E-state index is 11.6. The molecule has 76 valence electrons. The predicted molar refractivity (Wildman–Crippen MR) is 55.7 cm³/mol. The van der Waals surface area contributed by atoms with E-state index in [2.05, 4.69) is 13.8 Å². The van der Waals surface area contributed by atoms with Crippen molar-refractivity contribution in [1.82, 2.24) is 0 Å². The number of rotatable bonds is 4. The second-order valence-electron chi connectivity index (χ2n) is 4.33. The van der Waals surface area contributed by atoms with Gasteiger partial charge in [-0.05, 0) is 25.2 Å². The van der Waals surface area contributed by atoms with E-state index in [1.807, 2.05) is 0 Å². The van der Waals surface area contributed by atoms with E-state index in [1.165, 1.54) is 19.3 Å². The highest BCUT2D eigenvalue weighted by atomic mass is 16.1. The quantitative estimate of drug-likeness (QED) is 0.649. The Labute approximate surface area is 81.9 Å². The number of ketones is 1. The molecule has 1 fully saturated rings. The zero-order valence-corrected chi connectivity index (χ0v) is 9.01. The van der Waals surface area contributed by atoms with Crippen LogP contribution in [0.1, 0.15) is 58.8 Å². The number of hydrogen-bond donors (Lipinski definition) is 0. The van der Waals surface area contributed by atoms with Crippen molar-refractivity contribution in [1.29, 1.82) is 0 Å². The molecule has 13 heavy (non-hydrogen) atoms. The average molecular weight is 182 g/mol. The van der Waals surface area contributed by atoms with E-state index in [4.69, 9.17) is 0 Å². The number of carbonyl (C=O) groups is 1. The molecule has 1 aliphatic rings. The van der Waals surface area contributed by atoms with Crippen LogP contribution >= 0.6 is 0 Å². The maximum absolute atomic E-state index is 11.6. The Morgan fingerprint density at radius 2 is 2.00 bits per heavy atom. The van der Waals surface area contributed by atoms with Gasteiger partial charge in [0, 0.05) is 12.3 Å². The minimum atomic E-state index is 0.415. The first-order valence-corrected chi connectivity index (χ1v) is 5.80. The van der Waals surface area contributed by atoms with Crippen LogP contribution in [-0.4, -0.2) is 5.78 Å². The summed E-state index contributed by atoms with van der Waals surface area (Å²) in [6, 6.07) is 0. The molecule has 0 N–H and O–H groups in total. The van der Waals surface area contributed by atoms with Gasteiger partial charge in [0.2, 0.25) is 0 Å². The van der Waals surface area contributed by atoms with Crippen LogP contribution < -0.4 is 0 Å². The summed E-state index contributed by atoms with van der Waals surface area (Å²) in [6.07, 6.45) is 8.06. The Morgan fingerprint density at radius 1 is 1.31 bits per heavy atom. The first kappa shape index (κ1) is 10.7. The summed E-state index contributed by atoms with van der Waals surface area (Å²) in [6.45, 7) is 4.48. The Bertz CT molecular complexity index is 159. The summed E-state index contributed by atoms with van der Waals surface area (Å²) in [5, 5.41) is 0. The largest absolute Gasteiger partial charge is 0.299 e. The fourth-order valence-corrected chi connectivity index (χ4v) is 2.33. The number of Topliss-reactive ketones (excluding diaryl/α,β-unsaturated/α-hetero) is 1. The van der Waals surface area contributed by atoms with Crippen LogP contribution in [0.25, 0.3) is 0 Å². The van der Waals surface area contributed by atoms with E-state index in [0.29, 0.717) is 11.7 Å². The van der Waals surface area contributed by atoms with Gasteiger partial charge in [-0.15, -0.1) is 0 Å². The molecule has 1 heteroatoms. The molecule has 1 aliphatic carbocycles. The first-order valence-electron chi connectivity index (χ1n) is 5.80. The molecule has 0 radical (unpaired) electrons. The minimum Gasteiger partial charge on any atom is -0.299 e. The number of hydrogen-bond acceptors (Lipinski definition) is 1. The lowest BCUT2D eigenvalue weighted by atomic mass is 9.80. The molecule has 0 amide bonds. The van der Waals surface area contributed by atoms with E-state index in [0.717, 1.165) is 31.6 Å². The molecule has 0 saturated heterocycles. The highest BCUT2D eigenvalue weighted by Gasteiger charge is 2.23. The van der Waals surface area contributed by atoms with Crippen molar-refractivity contribution in [3.05, 3.63) is 0 Å². The summed E-state index contributed by atoms with van der Waals surface area (Å²) in [5.41, 5.74) is 0. The Kier molecular flexibility index (Phi) is 4.47. The molecule has 0 aromatic heterocycles. The monoisotopic (exact) mass is 182 g/mol. The summed E-state index contributed by atoms with van der Waals surface area (Å²) < 4.78 is 0. The molecule has 0 aromatic rings. The van der Waals surface area contributed by atoms with Crippen molar-refractivity contribution in [3.8, 4) is 0 Å². The van der Waals surface area contributed by atoms with Gasteiger partial charge in [0.15, 0.2) is 0 Å². The normalized spacial score (nSPS) is 23.9. The lowest BCUT2D eigenvalue weighted by Gasteiger charge is -2.24. The molecular formula is C12H22O. The molecule has 0 spiro atoms. The topological polar surface area (TPSA) is 17.1 Å². The third-order valence-electron chi connectivity index (χ3n) is 3.45. The van der Waals surface area contributed by atoms with E-state index in [1.54, 1.807) is 0 Å². The third-order valence-corrected chi connectivity index (χ3v) is 3.45. The lowest BCUT2D eigenvalue weighted by Crippen LogP contribution is -2.21. The highest BCUT2D eigenvalue weighted by molar-refractivity contribution is 5.81. The van der Waals surface area contributed by atoms with Gasteiger partial charge < -0.3 is 0 Å². The maximum Gasteiger partial charge on any atom is 0.135 e. The second kappa shape index (κ2) is 5.41. The molecule has 0 unspecified atom stereocenters. The molecule has 0 heterocycles. The Balaban J connectivity index is 2.36. The Morgan fingerprint density at radius 3 is 2.54 bits per heavy atom. The SMILES string of the molecule is CCC(CC)C[C@H]1CCCCC1=O. The van der Waals surface area contributed by atoms with E-state index >= 15 is 0 Å². The molecule has 1 atom stereocenters. The van der Waals surface area contributed by atoms with Gasteiger partial charge in [0.1, 0.15) is 5.78 Å². The van der Waals surface area contributed by atoms with Gasteiger partial charge in [-0.2, -0.15) is 0 Å². The van der Waals surface area contributed by atoms with Crippen LogP contribution in [0.15, 0.2) is 0 Å². The molecular weight excluding hydrogens is 160 g/mol. The van der Waals surface area contributed by atoms with Crippen molar-refractivity contribution in [3.63, 3.8) is 0 Å². The molecule has 0 aromatic carbocycles. The molecule has 1 nitrogen and oxygen atoms in total. The van der Waals surface area contributed by atoms with E-state index in [9.17, 15) is 4.79 Å². The molecule has 0 bridgehead atoms. The van der Waals surface area contributed by atoms with Crippen LogP contribution in [0, 0.1) is 11.8 Å². The van der Waals surface area contributed by atoms with Gasteiger partial charge in [-0.1, -0.05) is 33.1 Å². The summed E-state index contributed by atoms with van der Waals surface area (Å²) in [4.78, 5) is 11.6. The second-order valence-corrected chi connectivity index (χ2v) is 4.33. The molecule has 0 aliphatic heterocycles. The molecule has 1 rings (SSSR count). The summed E-state index contributed by atoms with van der Waals surface area (Å²) >= 11 is 0. The van der Waals surface area contributed by atoms with Crippen LogP contribution in [0.5, 0.6) is 0 Å². The fraction of sp³-hybridized carbons (Fsp3) is 0.917. The standard InChI is InChI=1S/C12H22O/c1-3-10(4-2)9-11-7-5-6-8-12(11)13/h10-11H,3-9H2,1-2H3/t11-/m1/s1. The van der Waals surface area contributed by atoms with Crippen molar-refractivity contribution in [2.24, 2.45) is 11.8 Å². The van der Waals surface area contributed by atoms with Crippen molar-refractivity contribution in [2.75, 3.05) is 0 Å². The first-order chi connectivity index (χ1) is 6.27. The lowest BCUT2D eigenvalue weighted by molar-refractivity contribution is -0.125. The zero-order chi connectivity index (χ0) is 9.68. The predicted octanol–water partition coefficient (Wildman–Crippen LogP) is 3.57. The fourth-order valence-electron chi connectivity index (χ4n) is 2.33. The summed E-state index contributed by atoms with van der Waals surface area (Å²) in [5.74, 6) is 1.74. The molecule has 1 saturated carbocycles. The van der Waals surface area contributed by atoms with Crippen LogP contribution in [0.4, 0.5) is 0 Å². The smallest absolute Gasteiger partial charge is 0.135 e. The van der Waals surface area contributed by atoms with Crippen molar-refractivity contribution in [2.45, 2.75) is 58.8 Å². The van der Waals surface area contributed by atoms with Crippen molar-refractivity contribution >= 4 is 5.78 Å².